The molecule has 7 heteroatoms. The quantitative estimate of drug-likeness (QED) is 0.170. The van der Waals surface area contributed by atoms with Crippen molar-refractivity contribution in [1.82, 2.24) is 0 Å². The maximum absolute atomic E-state index is 10.0. The lowest BCUT2D eigenvalue weighted by Gasteiger charge is -2.25. The summed E-state index contributed by atoms with van der Waals surface area (Å²) in [7, 11) is 0. The third-order valence-electron chi connectivity index (χ3n) is 3.48. The van der Waals surface area contributed by atoms with Gasteiger partial charge in [-0.15, -0.1) is 0 Å². The predicted octanol–water partition coefficient (Wildman–Crippen LogP) is 0.743. The summed E-state index contributed by atoms with van der Waals surface area (Å²) in [5, 5.41) is 37.4. The molecule has 0 spiro atoms. The van der Waals surface area contributed by atoms with Gasteiger partial charge in [0, 0.05) is 0 Å². The first kappa shape index (κ1) is 20.0. The monoisotopic (exact) mass is 330 g/mol. The summed E-state index contributed by atoms with van der Waals surface area (Å²) in [4.78, 5) is 10.0. The van der Waals surface area contributed by atoms with Gasteiger partial charge >= 0.3 is 11.9 Å². The van der Waals surface area contributed by atoms with Crippen LogP contribution in [0.1, 0.15) is 51.9 Å². The van der Waals surface area contributed by atoms with Gasteiger partial charge in [-0.25, -0.2) is 4.79 Å². The normalized spacial score (nSPS) is 17.6. The van der Waals surface area contributed by atoms with Crippen LogP contribution in [-0.4, -0.2) is 51.0 Å². The van der Waals surface area contributed by atoms with Crippen molar-refractivity contribution in [3.63, 3.8) is 0 Å². The van der Waals surface area contributed by atoms with E-state index in [1.807, 2.05) is 0 Å². The highest BCUT2D eigenvalue weighted by Crippen LogP contribution is 2.32. The van der Waals surface area contributed by atoms with Gasteiger partial charge in [0.15, 0.2) is 0 Å². The largest absolute Gasteiger partial charge is 0.342 e. The standard InChI is InChI=1S/C16H26O7/c1-2-3-4-5-6-7-8-13-11-14(13)23-16(20,21)12-22-15(18,19)9-10-17/h9,11,14,18-21H,2-8,12H2,1H3. The summed E-state index contributed by atoms with van der Waals surface area (Å²) in [6.07, 6.45) is 9.48. The van der Waals surface area contributed by atoms with Gasteiger partial charge in [-0.2, -0.15) is 0 Å². The van der Waals surface area contributed by atoms with Crippen LogP contribution >= 0.6 is 0 Å². The molecular weight excluding hydrogens is 304 g/mol. The van der Waals surface area contributed by atoms with Crippen molar-refractivity contribution in [3.05, 3.63) is 17.7 Å². The summed E-state index contributed by atoms with van der Waals surface area (Å²) in [5.41, 5.74) is 0.986. The maximum Gasteiger partial charge on any atom is 0.310 e. The van der Waals surface area contributed by atoms with Crippen molar-refractivity contribution in [2.24, 2.45) is 0 Å². The van der Waals surface area contributed by atoms with E-state index in [4.69, 9.17) is 14.9 Å². The molecule has 4 N–H and O–H groups in total. The van der Waals surface area contributed by atoms with Crippen LogP contribution in [0.5, 0.6) is 0 Å². The summed E-state index contributed by atoms with van der Waals surface area (Å²) in [6, 6.07) is 0. The molecule has 23 heavy (non-hydrogen) atoms. The molecule has 0 aliphatic heterocycles. The first-order valence-corrected chi connectivity index (χ1v) is 7.93. The predicted molar refractivity (Wildman–Crippen MR) is 81.5 cm³/mol. The number of hydrogen-bond donors (Lipinski definition) is 4. The molecule has 1 atom stereocenters. The Balaban J connectivity index is 2.16. The number of hydrogen-bond acceptors (Lipinski definition) is 7. The van der Waals surface area contributed by atoms with Crippen molar-refractivity contribution in [1.29, 1.82) is 0 Å². The van der Waals surface area contributed by atoms with Crippen molar-refractivity contribution < 1.29 is 34.7 Å². The van der Waals surface area contributed by atoms with Gasteiger partial charge < -0.3 is 29.9 Å². The van der Waals surface area contributed by atoms with E-state index >= 15 is 0 Å². The molecule has 0 aromatic carbocycles. The lowest BCUT2D eigenvalue weighted by molar-refractivity contribution is -0.399. The topological polar surface area (TPSA) is 116 Å². The summed E-state index contributed by atoms with van der Waals surface area (Å²) < 4.78 is 9.37. The smallest absolute Gasteiger partial charge is 0.310 e. The first-order valence-electron chi connectivity index (χ1n) is 7.93. The van der Waals surface area contributed by atoms with Gasteiger partial charge in [0.2, 0.25) is 0 Å². The van der Waals surface area contributed by atoms with Crippen LogP contribution in [0.4, 0.5) is 0 Å². The number of carbonyl (C=O) groups excluding carboxylic acids is 1. The molecule has 0 aromatic rings. The summed E-state index contributed by atoms with van der Waals surface area (Å²) >= 11 is 0. The molecule has 1 aliphatic carbocycles. The van der Waals surface area contributed by atoms with Gasteiger partial charge in [-0.1, -0.05) is 39.0 Å². The Labute approximate surface area is 135 Å². The summed E-state index contributed by atoms with van der Waals surface area (Å²) in [6.45, 7) is 1.23. The minimum absolute atomic E-state index is 0.294. The fourth-order valence-corrected chi connectivity index (χ4v) is 2.15. The Hall–Kier alpha value is -1.05. The van der Waals surface area contributed by atoms with Gasteiger partial charge in [-0.05, 0) is 24.5 Å². The highest BCUT2D eigenvalue weighted by atomic mass is 16.8. The van der Waals surface area contributed by atoms with E-state index < -0.39 is 24.7 Å². The van der Waals surface area contributed by atoms with E-state index in [1.54, 1.807) is 6.08 Å². The zero-order valence-electron chi connectivity index (χ0n) is 13.4. The van der Waals surface area contributed by atoms with Crippen molar-refractivity contribution in [2.75, 3.05) is 6.61 Å². The Morgan fingerprint density at radius 1 is 1.17 bits per heavy atom. The van der Waals surface area contributed by atoms with E-state index in [0.29, 0.717) is 6.08 Å². The molecule has 7 nitrogen and oxygen atoms in total. The Bertz CT molecular complexity index is 436. The number of rotatable bonds is 13. The molecule has 1 unspecified atom stereocenters. The minimum atomic E-state index is -2.92. The molecule has 0 heterocycles. The molecule has 1 rings (SSSR count). The van der Waals surface area contributed by atoms with Crippen LogP contribution in [-0.2, 0) is 14.3 Å². The zero-order chi connectivity index (χ0) is 17.3. The Morgan fingerprint density at radius 2 is 1.83 bits per heavy atom. The molecule has 132 valence electrons. The van der Waals surface area contributed by atoms with Crippen molar-refractivity contribution in [2.45, 2.75) is 69.9 Å². The number of unbranched alkanes of at least 4 members (excludes halogenated alkanes) is 5. The van der Waals surface area contributed by atoms with E-state index in [0.717, 1.165) is 30.8 Å². The molecule has 0 amide bonds. The fourth-order valence-electron chi connectivity index (χ4n) is 2.15. The van der Waals surface area contributed by atoms with Crippen LogP contribution in [0.3, 0.4) is 0 Å². The molecule has 1 aliphatic rings. The highest BCUT2D eigenvalue weighted by molar-refractivity contribution is 5.46. The first-order chi connectivity index (χ1) is 10.8. The van der Waals surface area contributed by atoms with Crippen LogP contribution < -0.4 is 0 Å². The second kappa shape index (κ2) is 9.30. The van der Waals surface area contributed by atoms with Gasteiger partial charge in [0.1, 0.15) is 18.7 Å². The second-order valence-corrected chi connectivity index (χ2v) is 5.75. The summed E-state index contributed by atoms with van der Waals surface area (Å²) in [5.74, 6) is -4.47. The van der Waals surface area contributed by atoms with E-state index in [9.17, 15) is 15.0 Å². The number of aliphatic hydroxyl groups is 4. The zero-order valence-corrected chi connectivity index (χ0v) is 13.4. The van der Waals surface area contributed by atoms with Crippen LogP contribution in [0.2, 0.25) is 0 Å². The van der Waals surface area contributed by atoms with E-state index in [2.05, 4.69) is 11.7 Å². The van der Waals surface area contributed by atoms with Crippen LogP contribution in [0.25, 0.3) is 0 Å². The average Bonchev–Trinajstić information content (AvgIpc) is 3.18. The maximum atomic E-state index is 10.0. The Morgan fingerprint density at radius 3 is 2.48 bits per heavy atom. The minimum Gasteiger partial charge on any atom is -0.342 e. The second-order valence-electron chi connectivity index (χ2n) is 5.75. The number of ether oxygens (including phenoxy) is 2. The highest BCUT2D eigenvalue weighted by Gasteiger charge is 2.37. The van der Waals surface area contributed by atoms with E-state index in [1.165, 1.54) is 25.7 Å². The molecular formula is C16H26O7. The fraction of sp³-hybridized carbons (Fsp3) is 0.750. The average molecular weight is 330 g/mol. The van der Waals surface area contributed by atoms with Gasteiger partial charge in [-0.3, -0.25) is 0 Å². The molecule has 0 aromatic heterocycles. The third-order valence-corrected chi connectivity index (χ3v) is 3.48. The molecule has 0 radical (unpaired) electrons. The van der Waals surface area contributed by atoms with Gasteiger partial charge in [0.05, 0.1) is 6.08 Å². The lowest BCUT2D eigenvalue weighted by Crippen LogP contribution is -2.43. The molecule has 0 saturated carbocycles. The SMILES string of the molecule is CCCCCCCCC1=CC1OC(O)(O)COC(O)(O)C=C=O. The van der Waals surface area contributed by atoms with Crippen LogP contribution in [0, 0.1) is 0 Å². The Kier molecular flexibility index (Phi) is 8.08. The third kappa shape index (κ3) is 8.98. The van der Waals surface area contributed by atoms with Crippen molar-refractivity contribution in [3.8, 4) is 0 Å². The lowest BCUT2D eigenvalue weighted by atomic mass is 10.1. The molecule has 0 fully saturated rings. The van der Waals surface area contributed by atoms with Gasteiger partial charge in [0.25, 0.3) is 0 Å². The van der Waals surface area contributed by atoms with E-state index in [-0.39, 0.29) is 0 Å². The molecule has 0 bridgehead atoms. The molecule has 0 saturated heterocycles. The van der Waals surface area contributed by atoms with Crippen molar-refractivity contribution >= 4 is 5.94 Å². The van der Waals surface area contributed by atoms with Crippen LogP contribution in [0.15, 0.2) is 17.7 Å².